The van der Waals surface area contributed by atoms with E-state index in [0.717, 1.165) is 12.8 Å². The van der Waals surface area contributed by atoms with Crippen molar-refractivity contribution in [3.63, 3.8) is 0 Å². The summed E-state index contributed by atoms with van der Waals surface area (Å²) in [6, 6.07) is 0. The van der Waals surface area contributed by atoms with Crippen LogP contribution in [0.4, 0.5) is 0 Å². The van der Waals surface area contributed by atoms with Crippen molar-refractivity contribution < 1.29 is 8.33 Å². The van der Waals surface area contributed by atoms with E-state index in [1.54, 1.807) is 0 Å². The Kier molecular flexibility index (Phi) is 45.1. The van der Waals surface area contributed by atoms with Gasteiger partial charge in [-0.1, -0.05) is 78.1 Å². The average molecular weight is 574 g/mol. The van der Waals surface area contributed by atoms with Crippen molar-refractivity contribution in [3.8, 4) is 0 Å². The molecule has 0 aliphatic heterocycles. The Balaban J connectivity index is -0.0000000283. The van der Waals surface area contributed by atoms with Gasteiger partial charge in [0.1, 0.15) is 0 Å². The summed E-state index contributed by atoms with van der Waals surface area (Å²) >= 11 is 0. The van der Waals surface area contributed by atoms with Crippen LogP contribution in [0.2, 0.25) is 39.3 Å². The van der Waals surface area contributed by atoms with Gasteiger partial charge in [0, 0.05) is 66.8 Å². The molecule has 2 N–H and O–H groups in total. The molecule has 0 heterocycles. The molecule has 0 rings (SSSR count). The third-order valence-electron chi connectivity index (χ3n) is 1.75. The standard InChI is InChI=1S/C10H20.2C4H11Si.H2O.2Sn.2H2/c1-3-5-7-9-10-8-6-4-2;2*1-5(2,3)4;;;;;/h1-10H2;2*1H2,2-4H3;1H2;;;2*1H. The zero-order valence-corrected chi connectivity index (χ0v) is 24.7. The second-order valence-corrected chi connectivity index (χ2v) is 18.2. The summed E-state index contributed by atoms with van der Waals surface area (Å²) < 4.78 is 0. The van der Waals surface area contributed by atoms with Crippen LogP contribution in [0.5, 0.6) is 0 Å². The Morgan fingerprint density at radius 2 is 0.957 bits per heavy atom. The van der Waals surface area contributed by atoms with E-state index in [-0.39, 0.29) is 56.1 Å². The first kappa shape index (κ1) is 39.8. The van der Waals surface area contributed by atoms with Crippen LogP contribution in [-0.4, -0.2) is 69.4 Å². The van der Waals surface area contributed by atoms with Gasteiger partial charge in [0.2, 0.25) is 0 Å². The minimum atomic E-state index is -0.861. The molecule has 0 aromatic carbocycles. The molecule has 0 aromatic rings. The van der Waals surface area contributed by atoms with E-state index in [9.17, 15) is 0 Å². The van der Waals surface area contributed by atoms with E-state index in [2.05, 4.69) is 66.2 Å². The van der Waals surface area contributed by atoms with Crippen molar-refractivity contribution in [3.05, 3.63) is 26.9 Å². The van der Waals surface area contributed by atoms with Gasteiger partial charge in [-0.3, -0.25) is 0 Å². The minimum Gasteiger partial charge on any atom is -0.412 e. The third-order valence-corrected chi connectivity index (χ3v) is 1.75. The molecule has 0 saturated heterocycles. The molecular formula is C18H48OSi2Sn2. The zero-order chi connectivity index (χ0) is 16.7. The van der Waals surface area contributed by atoms with Crippen LogP contribution < -0.4 is 0 Å². The monoisotopic (exact) mass is 576 g/mol. The van der Waals surface area contributed by atoms with E-state index in [0.29, 0.717) is 0 Å². The largest absolute Gasteiger partial charge is 0.412 e. The molecular weight excluding hydrogens is 526 g/mol. The van der Waals surface area contributed by atoms with Gasteiger partial charge in [0.05, 0.1) is 13.3 Å². The second-order valence-electron chi connectivity index (χ2n) is 7.95. The van der Waals surface area contributed by atoms with Gasteiger partial charge in [-0.05, 0) is 12.8 Å². The fourth-order valence-corrected chi connectivity index (χ4v) is 1.06. The predicted octanol–water partition coefficient (Wildman–Crippen LogP) is 6.08. The van der Waals surface area contributed by atoms with Gasteiger partial charge in [-0.2, -0.15) is 6.42 Å². The molecule has 0 saturated carbocycles. The van der Waals surface area contributed by atoms with Crippen LogP contribution in [0.1, 0.15) is 54.2 Å². The fraction of sp³-hybridized carbons (Fsp3) is 0.778. The summed E-state index contributed by atoms with van der Waals surface area (Å²) in [5.74, 6) is 0. The van der Waals surface area contributed by atoms with Crippen LogP contribution in [0.3, 0.4) is 0 Å². The molecule has 0 spiro atoms. The summed E-state index contributed by atoms with van der Waals surface area (Å²) in [4.78, 5) is 0. The van der Waals surface area contributed by atoms with Gasteiger partial charge < -0.3 is 12.4 Å². The summed E-state index contributed by atoms with van der Waals surface area (Å²) in [6.45, 7) is 28.7. The molecule has 0 bridgehead atoms. The Bertz CT molecular complexity index is 157. The first-order valence-corrected chi connectivity index (χ1v) is 15.6. The number of hydrogen-bond donors (Lipinski definition) is 0. The van der Waals surface area contributed by atoms with Crippen LogP contribution >= 0.6 is 0 Å². The molecule has 0 aromatic heterocycles. The van der Waals surface area contributed by atoms with Crippen molar-refractivity contribution in [2.24, 2.45) is 0 Å². The first-order chi connectivity index (χ1) is 8.91. The normalized spacial score (nSPS) is 9.61. The van der Waals surface area contributed by atoms with E-state index in [4.69, 9.17) is 0 Å². The molecule has 0 aliphatic carbocycles. The third kappa shape index (κ3) is 145. The van der Waals surface area contributed by atoms with E-state index < -0.39 is 16.1 Å². The molecule has 0 fully saturated rings. The Morgan fingerprint density at radius 1 is 0.739 bits per heavy atom. The van der Waals surface area contributed by atoms with Crippen molar-refractivity contribution >= 4 is 64.0 Å². The van der Waals surface area contributed by atoms with Crippen LogP contribution in [0, 0.1) is 26.9 Å². The zero-order valence-electron chi connectivity index (χ0n) is 17.0. The fourth-order valence-electron chi connectivity index (χ4n) is 1.06. The topological polar surface area (TPSA) is 31.5 Å². The van der Waals surface area contributed by atoms with E-state index in [1.807, 2.05) is 0 Å². The van der Waals surface area contributed by atoms with Gasteiger partial charge >= 0.3 is 0 Å². The summed E-state index contributed by atoms with van der Waals surface area (Å²) in [6.07, 6.45) is 10.4. The van der Waals surface area contributed by atoms with Gasteiger partial charge in [-0.15, -0.1) is 0 Å². The average Bonchev–Trinajstić information content (AvgIpc) is 2.18. The van der Waals surface area contributed by atoms with Crippen LogP contribution in [-0.2, 0) is 0 Å². The van der Waals surface area contributed by atoms with Crippen molar-refractivity contribution in [1.82, 2.24) is 0 Å². The van der Waals surface area contributed by atoms with E-state index in [1.165, 1.54) is 38.5 Å². The van der Waals surface area contributed by atoms with Gasteiger partial charge in [-0.25, -0.2) is 0 Å². The van der Waals surface area contributed by atoms with Crippen LogP contribution in [0.25, 0.3) is 0 Å². The maximum absolute atomic E-state index is 3.91. The van der Waals surface area contributed by atoms with Gasteiger partial charge in [0.25, 0.3) is 0 Å². The molecule has 0 atom stereocenters. The molecule has 5 heteroatoms. The van der Waals surface area contributed by atoms with Gasteiger partial charge in [0.15, 0.2) is 0 Å². The number of hydrogen-bond acceptors (Lipinski definition) is 0. The summed E-state index contributed by atoms with van der Waals surface area (Å²) in [7, 11) is -1.72. The maximum Gasteiger partial charge on any atom is 0.0850 e. The molecule has 1 nitrogen and oxygen atoms in total. The molecule has 0 amide bonds. The van der Waals surface area contributed by atoms with E-state index >= 15 is 0 Å². The Labute approximate surface area is 188 Å². The van der Waals surface area contributed by atoms with Crippen molar-refractivity contribution in [2.45, 2.75) is 90.6 Å². The quantitative estimate of drug-likeness (QED) is 0.201. The summed E-state index contributed by atoms with van der Waals surface area (Å²) in [5, 5.41) is 0. The maximum atomic E-state index is 3.91. The predicted molar refractivity (Wildman–Crippen MR) is 124 cm³/mol. The van der Waals surface area contributed by atoms with Crippen molar-refractivity contribution in [2.75, 3.05) is 0 Å². The SMILES string of the molecule is O.[CH2+]CCCCCCCC[CH2-].[CH2][Si](C)(C)C.[CH2][Si](C)(C)C.[HH].[HH].[Sn].[Sn]. The van der Waals surface area contributed by atoms with Crippen LogP contribution in [0.15, 0.2) is 0 Å². The molecule has 142 valence electrons. The Hall–Kier alpha value is 1.86. The molecule has 23 heavy (non-hydrogen) atoms. The molecule has 0 aliphatic rings. The number of rotatable bonds is 7. The Morgan fingerprint density at radius 3 is 1.17 bits per heavy atom. The smallest absolute Gasteiger partial charge is 0.0850 e. The first-order valence-electron chi connectivity index (χ1n) is 8.21. The summed E-state index contributed by atoms with van der Waals surface area (Å²) in [5.41, 5.74) is 0. The number of unbranched alkanes of at least 4 members (excludes halogenated alkanes) is 7. The molecule has 0 unspecified atom stereocenters. The molecule has 10 radical (unpaired) electrons. The second kappa shape index (κ2) is 26.1. The van der Waals surface area contributed by atoms with Crippen molar-refractivity contribution in [1.29, 1.82) is 0 Å². The minimum absolute atomic E-state index is 0.